The van der Waals surface area contributed by atoms with Gasteiger partial charge < -0.3 is 9.88 Å². The molecule has 0 saturated carbocycles. The smallest absolute Gasteiger partial charge is 0.244 e. The van der Waals surface area contributed by atoms with Crippen molar-refractivity contribution in [2.24, 2.45) is 0 Å². The van der Waals surface area contributed by atoms with Gasteiger partial charge in [0.25, 0.3) is 0 Å². The van der Waals surface area contributed by atoms with E-state index in [2.05, 4.69) is 12.2 Å². The molecule has 0 spiro atoms. The number of aryl methyl sites for hydroxylation is 1. The number of carbonyl (C=O) groups excluding carboxylic acids is 1. The van der Waals surface area contributed by atoms with Crippen LogP contribution in [0.5, 0.6) is 0 Å². The van der Waals surface area contributed by atoms with Crippen molar-refractivity contribution in [2.75, 3.05) is 5.32 Å². The van der Waals surface area contributed by atoms with E-state index in [1.807, 2.05) is 95.6 Å². The molecule has 0 aliphatic heterocycles. The lowest BCUT2D eigenvalue weighted by Crippen LogP contribution is -2.19. The number of anilines is 1. The fraction of sp³-hybridized carbons (Fsp3) is 0.120. The fourth-order valence-corrected chi connectivity index (χ4v) is 3.29. The Morgan fingerprint density at radius 3 is 2.41 bits per heavy atom. The van der Waals surface area contributed by atoms with E-state index in [1.165, 1.54) is 5.56 Å². The highest BCUT2D eigenvalue weighted by molar-refractivity contribution is 5.92. The summed E-state index contributed by atoms with van der Waals surface area (Å²) in [5.74, 6) is 0.679. The Bertz CT molecular complexity index is 1140. The van der Waals surface area contributed by atoms with Crippen LogP contribution >= 0.6 is 0 Å². The minimum absolute atomic E-state index is 0.0771. The third-order valence-corrected chi connectivity index (χ3v) is 4.86. The van der Waals surface area contributed by atoms with Gasteiger partial charge in [-0.2, -0.15) is 0 Å². The van der Waals surface area contributed by atoms with Crippen LogP contribution in [0.3, 0.4) is 0 Å². The SMILES string of the molecule is CCc1ccc(NC(=O)Cn2c(C=Cc3ccccc3)nc3ccccc32)cc1. The molecule has 1 aromatic heterocycles. The number of fused-ring (bicyclic) bond motifs is 1. The number of rotatable bonds is 6. The van der Waals surface area contributed by atoms with Crippen LogP contribution in [-0.2, 0) is 17.8 Å². The first-order valence-electron chi connectivity index (χ1n) is 9.80. The second kappa shape index (κ2) is 8.57. The second-order valence-corrected chi connectivity index (χ2v) is 6.89. The molecule has 4 rings (SSSR count). The van der Waals surface area contributed by atoms with E-state index in [0.29, 0.717) is 0 Å². The van der Waals surface area contributed by atoms with Crippen LogP contribution in [0.25, 0.3) is 23.2 Å². The molecule has 0 unspecified atom stereocenters. The maximum Gasteiger partial charge on any atom is 0.244 e. The van der Waals surface area contributed by atoms with Gasteiger partial charge in [-0.3, -0.25) is 4.79 Å². The lowest BCUT2D eigenvalue weighted by Gasteiger charge is -2.09. The number of nitrogens with zero attached hydrogens (tertiary/aromatic N) is 2. The summed E-state index contributed by atoms with van der Waals surface area (Å²) in [7, 11) is 0. The van der Waals surface area contributed by atoms with Crippen LogP contribution < -0.4 is 5.32 Å². The number of carbonyl (C=O) groups is 1. The van der Waals surface area contributed by atoms with Crippen LogP contribution in [0, 0.1) is 0 Å². The first kappa shape index (κ1) is 18.7. The topological polar surface area (TPSA) is 46.9 Å². The number of amides is 1. The fourth-order valence-electron chi connectivity index (χ4n) is 3.29. The van der Waals surface area contributed by atoms with E-state index in [-0.39, 0.29) is 12.5 Å². The number of hydrogen-bond donors (Lipinski definition) is 1. The van der Waals surface area contributed by atoms with Crippen LogP contribution in [0.15, 0.2) is 78.9 Å². The number of hydrogen-bond acceptors (Lipinski definition) is 2. The number of aromatic nitrogens is 2. The molecule has 4 heteroatoms. The Kier molecular flexibility index (Phi) is 5.52. The quantitative estimate of drug-likeness (QED) is 0.485. The summed E-state index contributed by atoms with van der Waals surface area (Å²) in [6.45, 7) is 2.31. The molecule has 3 aromatic carbocycles. The molecule has 0 saturated heterocycles. The Hall–Kier alpha value is -3.66. The summed E-state index contributed by atoms with van der Waals surface area (Å²) in [5, 5.41) is 2.99. The van der Waals surface area contributed by atoms with Crippen molar-refractivity contribution >= 4 is 34.8 Å². The number of imidazole rings is 1. The highest BCUT2D eigenvalue weighted by Crippen LogP contribution is 2.19. The van der Waals surface area contributed by atoms with Gasteiger partial charge in [-0.15, -0.1) is 0 Å². The Morgan fingerprint density at radius 2 is 1.66 bits per heavy atom. The van der Waals surface area contributed by atoms with Crippen molar-refractivity contribution in [3.8, 4) is 0 Å². The van der Waals surface area contributed by atoms with Gasteiger partial charge in [-0.1, -0.05) is 67.6 Å². The number of benzene rings is 3. The minimum Gasteiger partial charge on any atom is -0.325 e. The zero-order chi connectivity index (χ0) is 20.1. The second-order valence-electron chi connectivity index (χ2n) is 6.89. The van der Waals surface area contributed by atoms with E-state index in [4.69, 9.17) is 4.98 Å². The van der Waals surface area contributed by atoms with E-state index in [0.717, 1.165) is 34.5 Å². The van der Waals surface area contributed by atoms with Crippen LogP contribution in [0.4, 0.5) is 5.69 Å². The van der Waals surface area contributed by atoms with Gasteiger partial charge >= 0.3 is 0 Å². The van der Waals surface area contributed by atoms with Gasteiger partial charge in [-0.05, 0) is 47.9 Å². The van der Waals surface area contributed by atoms with Crippen molar-refractivity contribution in [2.45, 2.75) is 19.9 Å². The molecule has 1 heterocycles. The zero-order valence-electron chi connectivity index (χ0n) is 16.4. The average molecular weight is 381 g/mol. The lowest BCUT2D eigenvalue weighted by molar-refractivity contribution is -0.116. The zero-order valence-corrected chi connectivity index (χ0v) is 16.4. The van der Waals surface area contributed by atoms with Crippen LogP contribution in [0.1, 0.15) is 23.9 Å². The first-order valence-corrected chi connectivity index (χ1v) is 9.80. The predicted octanol–water partition coefficient (Wildman–Crippen LogP) is 5.41. The summed E-state index contributed by atoms with van der Waals surface area (Å²) < 4.78 is 1.95. The summed E-state index contributed by atoms with van der Waals surface area (Å²) in [6, 6.07) is 25.9. The molecular formula is C25H23N3O. The lowest BCUT2D eigenvalue weighted by atomic mass is 10.1. The molecular weight excluding hydrogens is 358 g/mol. The van der Waals surface area contributed by atoms with Gasteiger partial charge in [0, 0.05) is 5.69 Å². The third-order valence-electron chi connectivity index (χ3n) is 4.86. The summed E-state index contributed by atoms with van der Waals surface area (Å²) in [5.41, 5.74) is 4.96. The molecule has 1 N–H and O–H groups in total. The van der Waals surface area contributed by atoms with E-state index >= 15 is 0 Å². The van der Waals surface area contributed by atoms with Crippen molar-refractivity contribution < 1.29 is 4.79 Å². The normalized spacial score (nSPS) is 11.2. The molecule has 0 aliphatic rings. The molecule has 0 atom stereocenters. The maximum atomic E-state index is 12.7. The summed E-state index contributed by atoms with van der Waals surface area (Å²) in [6.07, 6.45) is 4.95. The molecule has 0 fully saturated rings. The Morgan fingerprint density at radius 1 is 0.931 bits per heavy atom. The Balaban J connectivity index is 1.59. The molecule has 1 amide bonds. The summed E-state index contributed by atoms with van der Waals surface area (Å²) in [4.78, 5) is 17.4. The van der Waals surface area contributed by atoms with E-state index < -0.39 is 0 Å². The highest BCUT2D eigenvalue weighted by atomic mass is 16.1. The first-order chi connectivity index (χ1) is 14.2. The number of nitrogens with one attached hydrogen (secondary N) is 1. The molecule has 4 nitrogen and oxygen atoms in total. The van der Waals surface area contributed by atoms with Gasteiger partial charge in [0.15, 0.2) is 0 Å². The van der Waals surface area contributed by atoms with Crippen molar-refractivity contribution in [1.82, 2.24) is 9.55 Å². The molecule has 0 bridgehead atoms. The molecule has 144 valence electrons. The average Bonchev–Trinajstić information content (AvgIpc) is 3.11. The number of para-hydroxylation sites is 2. The van der Waals surface area contributed by atoms with Crippen LogP contribution in [-0.4, -0.2) is 15.5 Å². The van der Waals surface area contributed by atoms with Crippen molar-refractivity contribution in [3.63, 3.8) is 0 Å². The minimum atomic E-state index is -0.0771. The molecule has 0 aliphatic carbocycles. The maximum absolute atomic E-state index is 12.7. The molecule has 29 heavy (non-hydrogen) atoms. The van der Waals surface area contributed by atoms with E-state index in [1.54, 1.807) is 0 Å². The third kappa shape index (κ3) is 4.43. The highest BCUT2D eigenvalue weighted by Gasteiger charge is 2.12. The van der Waals surface area contributed by atoms with E-state index in [9.17, 15) is 4.79 Å². The van der Waals surface area contributed by atoms with Crippen LogP contribution in [0.2, 0.25) is 0 Å². The Labute approximate surface area is 170 Å². The van der Waals surface area contributed by atoms with Gasteiger partial charge in [0.1, 0.15) is 12.4 Å². The molecule has 4 aromatic rings. The van der Waals surface area contributed by atoms with Gasteiger partial charge in [-0.25, -0.2) is 4.98 Å². The predicted molar refractivity (Wildman–Crippen MR) is 120 cm³/mol. The van der Waals surface area contributed by atoms with Gasteiger partial charge in [0.2, 0.25) is 5.91 Å². The largest absolute Gasteiger partial charge is 0.325 e. The standard InChI is InChI=1S/C25H23N3O/c1-2-19-12-15-21(16-13-19)26-25(29)18-28-23-11-7-6-10-22(23)27-24(28)17-14-20-8-4-3-5-9-20/h3-17H,2,18H2,1H3,(H,26,29). The van der Waals surface area contributed by atoms with Gasteiger partial charge in [0.05, 0.1) is 11.0 Å². The molecule has 0 radical (unpaired) electrons. The summed E-state index contributed by atoms with van der Waals surface area (Å²) >= 11 is 0. The van der Waals surface area contributed by atoms with Crippen molar-refractivity contribution in [3.05, 3.63) is 95.8 Å². The van der Waals surface area contributed by atoms with Crippen molar-refractivity contribution in [1.29, 1.82) is 0 Å². The monoisotopic (exact) mass is 381 g/mol.